The smallest absolute Gasteiger partial charge is 0.259 e. The van der Waals surface area contributed by atoms with Crippen LogP contribution < -0.4 is 10.4 Å². The maximum absolute atomic E-state index is 11.4. The highest BCUT2D eigenvalue weighted by molar-refractivity contribution is 6.99. The van der Waals surface area contributed by atoms with E-state index in [1.807, 2.05) is 12.1 Å². The molecule has 1 fully saturated rings. The molecule has 23 heavy (non-hydrogen) atoms. The highest BCUT2D eigenvalue weighted by Crippen LogP contribution is 2.41. The van der Waals surface area contributed by atoms with Crippen LogP contribution in [0.25, 0.3) is 0 Å². The average molecular weight is 324 g/mol. The molecule has 1 aliphatic rings. The fourth-order valence-corrected chi connectivity index (χ4v) is 8.72. The standard InChI is InChI=1S/C20H24O2Si/c1-16(2)20-15-19(13-14-21)23(22-20,17-9-5-3-6-10-17)18-11-7-4-8-12-18/h3-12,14,16,19-20H,13,15H2,1-2H3/t19-,20-/m0/s1. The number of aldehydes is 1. The van der Waals surface area contributed by atoms with Gasteiger partial charge in [-0.3, -0.25) is 0 Å². The fourth-order valence-electron chi connectivity index (χ4n) is 3.76. The second-order valence-corrected chi connectivity index (χ2v) is 10.4. The molecular formula is C20H24O2Si. The van der Waals surface area contributed by atoms with Gasteiger partial charge in [0.05, 0.1) is 0 Å². The third kappa shape index (κ3) is 2.91. The van der Waals surface area contributed by atoms with Gasteiger partial charge in [0.2, 0.25) is 0 Å². The van der Waals surface area contributed by atoms with Gasteiger partial charge in [-0.05, 0) is 28.3 Å². The van der Waals surface area contributed by atoms with E-state index in [1.165, 1.54) is 10.4 Å². The van der Waals surface area contributed by atoms with Crippen LogP contribution in [-0.4, -0.2) is 20.7 Å². The maximum Gasteiger partial charge on any atom is 0.259 e. The third-order valence-corrected chi connectivity index (χ3v) is 9.64. The van der Waals surface area contributed by atoms with Gasteiger partial charge in [-0.25, -0.2) is 0 Å². The Hall–Kier alpha value is -1.71. The molecule has 3 rings (SSSR count). The summed E-state index contributed by atoms with van der Waals surface area (Å²) >= 11 is 0. The Morgan fingerprint density at radius 3 is 2.00 bits per heavy atom. The van der Waals surface area contributed by atoms with Crippen LogP contribution in [0.2, 0.25) is 5.54 Å². The van der Waals surface area contributed by atoms with E-state index in [9.17, 15) is 4.79 Å². The van der Waals surface area contributed by atoms with E-state index >= 15 is 0 Å². The predicted octanol–water partition coefficient (Wildman–Crippen LogP) is 3.15. The van der Waals surface area contributed by atoms with Crippen molar-refractivity contribution in [3.05, 3.63) is 60.7 Å². The lowest BCUT2D eigenvalue weighted by Gasteiger charge is -2.33. The predicted molar refractivity (Wildman–Crippen MR) is 96.7 cm³/mol. The second kappa shape index (κ2) is 6.81. The monoisotopic (exact) mass is 324 g/mol. The number of carbonyl (C=O) groups is 1. The van der Waals surface area contributed by atoms with E-state index in [2.05, 4.69) is 62.4 Å². The molecule has 0 spiro atoms. The molecule has 0 amide bonds. The lowest BCUT2D eigenvalue weighted by Crippen LogP contribution is -2.61. The molecule has 1 aliphatic heterocycles. The number of benzene rings is 2. The molecule has 3 heteroatoms. The van der Waals surface area contributed by atoms with Crippen LogP contribution in [0.3, 0.4) is 0 Å². The molecule has 1 heterocycles. The lowest BCUT2D eigenvalue weighted by molar-refractivity contribution is -0.107. The molecule has 0 N–H and O–H groups in total. The van der Waals surface area contributed by atoms with Gasteiger partial charge in [0.15, 0.2) is 0 Å². The number of hydrogen-bond acceptors (Lipinski definition) is 2. The van der Waals surface area contributed by atoms with Crippen molar-refractivity contribution in [1.29, 1.82) is 0 Å². The van der Waals surface area contributed by atoms with Crippen molar-refractivity contribution in [3.8, 4) is 0 Å². The zero-order valence-electron chi connectivity index (χ0n) is 13.8. The zero-order valence-corrected chi connectivity index (χ0v) is 14.8. The molecule has 0 aliphatic carbocycles. The van der Waals surface area contributed by atoms with Crippen molar-refractivity contribution in [1.82, 2.24) is 0 Å². The maximum atomic E-state index is 11.4. The fraction of sp³-hybridized carbons (Fsp3) is 0.350. The summed E-state index contributed by atoms with van der Waals surface area (Å²) in [7, 11) is -2.39. The molecule has 2 atom stereocenters. The van der Waals surface area contributed by atoms with Crippen molar-refractivity contribution in [2.24, 2.45) is 5.92 Å². The van der Waals surface area contributed by atoms with Gasteiger partial charge in [0, 0.05) is 12.5 Å². The molecule has 2 aromatic rings. The first-order valence-corrected chi connectivity index (χ1v) is 10.4. The van der Waals surface area contributed by atoms with Crippen LogP contribution in [0.5, 0.6) is 0 Å². The van der Waals surface area contributed by atoms with Gasteiger partial charge in [0.1, 0.15) is 6.29 Å². The Kier molecular flexibility index (Phi) is 4.78. The van der Waals surface area contributed by atoms with Crippen molar-refractivity contribution in [2.75, 3.05) is 0 Å². The Morgan fingerprint density at radius 1 is 1.04 bits per heavy atom. The van der Waals surface area contributed by atoms with Gasteiger partial charge >= 0.3 is 0 Å². The Labute approximate surface area is 139 Å². The average Bonchev–Trinajstić information content (AvgIpc) is 2.98. The molecule has 0 bridgehead atoms. The summed E-state index contributed by atoms with van der Waals surface area (Å²) in [5, 5.41) is 2.56. The number of carbonyl (C=O) groups excluding carboxylic acids is 1. The molecule has 0 unspecified atom stereocenters. The summed E-state index contributed by atoms with van der Waals surface area (Å²) in [5.74, 6) is 0.464. The third-order valence-electron chi connectivity index (χ3n) is 4.96. The van der Waals surface area contributed by atoms with Crippen molar-refractivity contribution in [2.45, 2.75) is 38.3 Å². The molecule has 120 valence electrons. The highest BCUT2D eigenvalue weighted by Gasteiger charge is 2.54. The molecule has 1 saturated heterocycles. The SMILES string of the molecule is CC(C)[C@@H]1C[C@H](CC=O)[Si](c2ccccc2)(c2ccccc2)O1. The van der Waals surface area contributed by atoms with E-state index in [0.29, 0.717) is 17.9 Å². The molecule has 0 aromatic heterocycles. The minimum absolute atomic E-state index is 0.229. The molecule has 0 saturated carbocycles. The van der Waals surface area contributed by atoms with Gasteiger partial charge in [-0.1, -0.05) is 74.5 Å². The normalized spacial score (nSPS) is 23.1. The first kappa shape index (κ1) is 16.2. The van der Waals surface area contributed by atoms with Crippen LogP contribution >= 0.6 is 0 Å². The molecule has 2 nitrogen and oxygen atoms in total. The first-order chi connectivity index (χ1) is 11.2. The van der Waals surface area contributed by atoms with E-state index in [0.717, 1.165) is 12.7 Å². The van der Waals surface area contributed by atoms with E-state index < -0.39 is 8.32 Å². The van der Waals surface area contributed by atoms with Crippen LogP contribution in [0.15, 0.2) is 60.7 Å². The van der Waals surface area contributed by atoms with Crippen molar-refractivity contribution < 1.29 is 9.22 Å². The second-order valence-electron chi connectivity index (χ2n) is 6.70. The summed E-state index contributed by atoms with van der Waals surface area (Å²) in [5.41, 5.74) is 0.303. The topological polar surface area (TPSA) is 26.3 Å². The molecule has 0 radical (unpaired) electrons. The zero-order chi connectivity index (χ0) is 16.3. The summed E-state index contributed by atoms with van der Waals surface area (Å²) in [4.78, 5) is 11.4. The molecular weight excluding hydrogens is 300 g/mol. The summed E-state index contributed by atoms with van der Waals surface area (Å²) in [6.07, 6.45) is 2.86. The quantitative estimate of drug-likeness (QED) is 0.624. The summed E-state index contributed by atoms with van der Waals surface area (Å²) < 4.78 is 6.83. The lowest BCUT2D eigenvalue weighted by atomic mass is 10.0. The number of hydrogen-bond donors (Lipinski definition) is 0. The van der Waals surface area contributed by atoms with Crippen LogP contribution in [0.1, 0.15) is 26.7 Å². The molecule has 2 aromatic carbocycles. The van der Waals surface area contributed by atoms with Crippen molar-refractivity contribution in [3.63, 3.8) is 0 Å². The van der Waals surface area contributed by atoms with Crippen molar-refractivity contribution >= 4 is 25.0 Å². The van der Waals surface area contributed by atoms with Gasteiger partial charge in [-0.15, -0.1) is 0 Å². The van der Waals surface area contributed by atoms with Gasteiger partial charge in [-0.2, -0.15) is 0 Å². The first-order valence-electron chi connectivity index (χ1n) is 8.41. The minimum atomic E-state index is -2.39. The summed E-state index contributed by atoms with van der Waals surface area (Å²) in [6, 6.07) is 21.1. The van der Waals surface area contributed by atoms with E-state index in [-0.39, 0.29) is 6.10 Å². The Bertz CT molecular complexity index is 600. The number of rotatable bonds is 5. The van der Waals surface area contributed by atoms with E-state index in [4.69, 9.17) is 4.43 Å². The minimum Gasteiger partial charge on any atom is -0.404 e. The Morgan fingerprint density at radius 2 is 1.57 bits per heavy atom. The Balaban J connectivity index is 2.16. The van der Waals surface area contributed by atoms with Gasteiger partial charge in [0.25, 0.3) is 8.32 Å². The van der Waals surface area contributed by atoms with Gasteiger partial charge < -0.3 is 9.22 Å². The summed E-state index contributed by atoms with van der Waals surface area (Å²) in [6.45, 7) is 4.42. The largest absolute Gasteiger partial charge is 0.404 e. The highest BCUT2D eigenvalue weighted by atomic mass is 28.4. The van der Waals surface area contributed by atoms with Crippen LogP contribution in [0.4, 0.5) is 0 Å². The van der Waals surface area contributed by atoms with E-state index in [1.54, 1.807) is 0 Å². The van der Waals surface area contributed by atoms with Crippen LogP contribution in [-0.2, 0) is 9.22 Å². The van der Waals surface area contributed by atoms with Crippen LogP contribution in [0, 0.1) is 5.92 Å².